The van der Waals surface area contributed by atoms with Crippen molar-refractivity contribution in [2.45, 2.75) is 19.3 Å². The highest BCUT2D eigenvalue weighted by atomic mass is 19.1. The molecule has 0 aliphatic heterocycles. The van der Waals surface area contributed by atoms with Crippen LogP contribution in [0.2, 0.25) is 0 Å². The van der Waals surface area contributed by atoms with Crippen LogP contribution in [0.4, 0.5) is 8.78 Å². The van der Waals surface area contributed by atoms with Gasteiger partial charge in [0.1, 0.15) is 17.4 Å². The normalized spacial score (nSPS) is 15.3. The Kier molecular flexibility index (Phi) is 2.71. The molecule has 0 N–H and O–H groups in total. The van der Waals surface area contributed by atoms with Gasteiger partial charge in [0.05, 0.1) is 7.11 Å². The Morgan fingerprint density at radius 3 is 2.33 bits per heavy atom. The fourth-order valence-electron chi connectivity index (χ4n) is 1.87. The van der Waals surface area contributed by atoms with Crippen LogP contribution in [0.1, 0.15) is 24.8 Å². The Morgan fingerprint density at radius 1 is 1.20 bits per heavy atom. The van der Waals surface area contributed by atoms with Crippen LogP contribution >= 0.6 is 0 Å². The maximum atomic E-state index is 13.6. The summed E-state index contributed by atoms with van der Waals surface area (Å²) in [6.07, 6.45) is 4.52. The van der Waals surface area contributed by atoms with E-state index >= 15 is 0 Å². The van der Waals surface area contributed by atoms with Crippen LogP contribution in [0.3, 0.4) is 0 Å². The number of methoxy groups -OCH3 is 1. The Balaban J connectivity index is 2.47. The first-order valence-electron chi connectivity index (χ1n) is 4.95. The van der Waals surface area contributed by atoms with Crippen LogP contribution < -0.4 is 4.74 Å². The van der Waals surface area contributed by atoms with Crippen LogP contribution in [0, 0.1) is 11.6 Å². The Bertz CT molecular complexity index is 387. The van der Waals surface area contributed by atoms with Crippen molar-refractivity contribution in [1.29, 1.82) is 0 Å². The first-order valence-corrected chi connectivity index (χ1v) is 4.95. The molecule has 15 heavy (non-hydrogen) atoms. The summed E-state index contributed by atoms with van der Waals surface area (Å²) in [7, 11) is 1.39. The standard InChI is InChI=1S/C12H12F2O/c1-15-9-6-10(13)12(11(14)7-9)8-4-2-3-5-8/h4,6-7H,2-3,5H2,1H3. The molecule has 80 valence electrons. The predicted octanol–water partition coefficient (Wildman–Crippen LogP) is 3.54. The summed E-state index contributed by atoms with van der Waals surface area (Å²) in [5.74, 6) is -0.868. The van der Waals surface area contributed by atoms with Crippen molar-refractivity contribution in [2.75, 3.05) is 7.11 Å². The fraction of sp³-hybridized carbons (Fsp3) is 0.333. The summed E-state index contributed by atoms with van der Waals surface area (Å²) < 4.78 is 32.0. The van der Waals surface area contributed by atoms with Gasteiger partial charge in [-0.25, -0.2) is 8.78 Å². The average molecular weight is 210 g/mol. The van der Waals surface area contributed by atoms with Gasteiger partial charge in [-0.1, -0.05) is 6.08 Å². The smallest absolute Gasteiger partial charge is 0.137 e. The van der Waals surface area contributed by atoms with E-state index in [0.717, 1.165) is 24.8 Å². The number of ether oxygens (including phenoxy) is 1. The van der Waals surface area contributed by atoms with E-state index in [0.29, 0.717) is 0 Å². The molecular formula is C12H12F2O. The van der Waals surface area contributed by atoms with Crippen LogP contribution in [-0.4, -0.2) is 7.11 Å². The lowest BCUT2D eigenvalue weighted by Crippen LogP contribution is -1.95. The van der Waals surface area contributed by atoms with Gasteiger partial charge in [0, 0.05) is 17.7 Å². The molecule has 0 fully saturated rings. The molecule has 0 radical (unpaired) electrons. The minimum Gasteiger partial charge on any atom is -0.497 e. The van der Waals surface area contributed by atoms with Gasteiger partial charge in [-0.15, -0.1) is 0 Å². The maximum Gasteiger partial charge on any atom is 0.137 e. The number of hydrogen-bond donors (Lipinski definition) is 0. The summed E-state index contributed by atoms with van der Waals surface area (Å²) in [4.78, 5) is 0. The number of allylic oxidation sites excluding steroid dienone is 2. The minimum atomic E-state index is -0.542. The second-order valence-electron chi connectivity index (χ2n) is 3.59. The van der Waals surface area contributed by atoms with Gasteiger partial charge in [-0.2, -0.15) is 0 Å². The van der Waals surface area contributed by atoms with E-state index in [4.69, 9.17) is 4.74 Å². The summed E-state index contributed by atoms with van der Waals surface area (Å²) >= 11 is 0. The van der Waals surface area contributed by atoms with Gasteiger partial charge in [0.2, 0.25) is 0 Å². The van der Waals surface area contributed by atoms with Crippen molar-refractivity contribution in [3.63, 3.8) is 0 Å². The highest BCUT2D eigenvalue weighted by molar-refractivity contribution is 5.68. The average Bonchev–Trinajstić information content (AvgIpc) is 2.69. The molecule has 0 amide bonds. The van der Waals surface area contributed by atoms with E-state index in [1.807, 2.05) is 6.08 Å². The Labute approximate surface area is 87.4 Å². The van der Waals surface area contributed by atoms with E-state index in [1.165, 1.54) is 19.2 Å². The predicted molar refractivity (Wildman–Crippen MR) is 54.7 cm³/mol. The van der Waals surface area contributed by atoms with Crippen molar-refractivity contribution in [1.82, 2.24) is 0 Å². The van der Waals surface area contributed by atoms with E-state index in [9.17, 15) is 8.78 Å². The number of hydrogen-bond acceptors (Lipinski definition) is 1. The van der Waals surface area contributed by atoms with E-state index in [-0.39, 0.29) is 11.3 Å². The number of rotatable bonds is 2. The van der Waals surface area contributed by atoms with E-state index in [1.54, 1.807) is 0 Å². The lowest BCUT2D eigenvalue weighted by molar-refractivity contribution is 0.406. The number of benzene rings is 1. The molecule has 1 aliphatic rings. The van der Waals surface area contributed by atoms with Crippen molar-refractivity contribution in [3.8, 4) is 5.75 Å². The van der Waals surface area contributed by atoms with Gasteiger partial charge < -0.3 is 4.74 Å². The zero-order valence-electron chi connectivity index (χ0n) is 8.52. The highest BCUT2D eigenvalue weighted by Gasteiger charge is 2.17. The summed E-state index contributed by atoms with van der Waals surface area (Å²) in [5.41, 5.74) is 0.876. The fourth-order valence-corrected chi connectivity index (χ4v) is 1.87. The summed E-state index contributed by atoms with van der Waals surface area (Å²) in [5, 5.41) is 0. The molecule has 1 aliphatic carbocycles. The molecule has 0 heterocycles. The molecule has 1 aromatic carbocycles. The van der Waals surface area contributed by atoms with Gasteiger partial charge >= 0.3 is 0 Å². The van der Waals surface area contributed by atoms with Crippen LogP contribution in [0.25, 0.3) is 5.57 Å². The molecule has 0 aromatic heterocycles. The lowest BCUT2D eigenvalue weighted by atomic mass is 10.0. The third kappa shape index (κ3) is 1.87. The molecule has 0 spiro atoms. The van der Waals surface area contributed by atoms with Gasteiger partial charge in [-0.05, 0) is 24.8 Å². The topological polar surface area (TPSA) is 9.23 Å². The minimum absolute atomic E-state index is 0.105. The van der Waals surface area contributed by atoms with Crippen molar-refractivity contribution in [2.24, 2.45) is 0 Å². The quantitative estimate of drug-likeness (QED) is 0.725. The zero-order chi connectivity index (χ0) is 10.8. The number of halogens is 2. The van der Waals surface area contributed by atoms with Crippen molar-refractivity contribution >= 4 is 5.57 Å². The van der Waals surface area contributed by atoms with E-state index in [2.05, 4.69) is 0 Å². The van der Waals surface area contributed by atoms with Crippen LogP contribution in [0.15, 0.2) is 18.2 Å². The SMILES string of the molecule is COc1cc(F)c(C2=CCCC2)c(F)c1. The summed E-state index contributed by atoms with van der Waals surface area (Å²) in [6.45, 7) is 0. The molecule has 3 heteroatoms. The maximum absolute atomic E-state index is 13.6. The van der Waals surface area contributed by atoms with Crippen LogP contribution in [-0.2, 0) is 0 Å². The molecule has 1 nitrogen and oxygen atoms in total. The highest BCUT2D eigenvalue weighted by Crippen LogP contribution is 2.33. The van der Waals surface area contributed by atoms with Gasteiger partial charge in [0.15, 0.2) is 0 Å². The lowest BCUT2D eigenvalue weighted by Gasteiger charge is -2.08. The second kappa shape index (κ2) is 4.01. The first-order chi connectivity index (χ1) is 7.22. The first kappa shape index (κ1) is 10.1. The molecule has 1 aromatic rings. The molecule has 0 unspecified atom stereocenters. The second-order valence-corrected chi connectivity index (χ2v) is 3.59. The van der Waals surface area contributed by atoms with Crippen LogP contribution in [0.5, 0.6) is 5.75 Å². The van der Waals surface area contributed by atoms with E-state index < -0.39 is 11.6 Å². The monoisotopic (exact) mass is 210 g/mol. The molecule has 0 saturated carbocycles. The van der Waals surface area contributed by atoms with Crippen molar-refractivity contribution in [3.05, 3.63) is 35.4 Å². The third-order valence-electron chi connectivity index (χ3n) is 2.61. The zero-order valence-corrected chi connectivity index (χ0v) is 8.52. The third-order valence-corrected chi connectivity index (χ3v) is 2.61. The van der Waals surface area contributed by atoms with Crippen molar-refractivity contribution < 1.29 is 13.5 Å². The van der Waals surface area contributed by atoms with Gasteiger partial charge in [-0.3, -0.25) is 0 Å². The Morgan fingerprint density at radius 2 is 1.87 bits per heavy atom. The Hall–Kier alpha value is -1.38. The molecule has 0 bridgehead atoms. The summed E-state index contributed by atoms with van der Waals surface area (Å²) in [6, 6.07) is 2.44. The molecular weight excluding hydrogens is 198 g/mol. The molecule has 2 rings (SSSR count). The molecule has 0 atom stereocenters. The molecule has 0 saturated heterocycles. The van der Waals surface area contributed by atoms with Gasteiger partial charge in [0.25, 0.3) is 0 Å². The largest absolute Gasteiger partial charge is 0.497 e.